The van der Waals surface area contributed by atoms with E-state index in [-0.39, 0.29) is 0 Å². The fourth-order valence-corrected chi connectivity index (χ4v) is 1.34. The van der Waals surface area contributed by atoms with Gasteiger partial charge in [0, 0.05) is 6.42 Å². The van der Waals surface area contributed by atoms with Crippen molar-refractivity contribution in [1.29, 1.82) is 0 Å². The van der Waals surface area contributed by atoms with Crippen LogP contribution in [0, 0.1) is 0 Å². The Morgan fingerprint density at radius 2 is 1.89 bits per heavy atom. The zero-order chi connectivity index (χ0) is 13.1. The van der Waals surface area contributed by atoms with Gasteiger partial charge in [0.2, 0.25) is 0 Å². The smallest absolute Gasteiger partial charge is 0.434 e. The van der Waals surface area contributed by atoms with E-state index in [0.717, 1.165) is 18.4 Å². The van der Waals surface area contributed by atoms with Crippen molar-refractivity contribution in [1.82, 2.24) is 0 Å². The molecule has 0 fully saturated rings. The lowest BCUT2D eigenvalue weighted by atomic mass is 10.2. The summed E-state index contributed by atoms with van der Waals surface area (Å²) in [5.41, 5.74) is 1.14. The lowest BCUT2D eigenvalue weighted by molar-refractivity contribution is 0.0557. The van der Waals surface area contributed by atoms with Gasteiger partial charge in [-0.25, -0.2) is 4.79 Å². The summed E-state index contributed by atoms with van der Waals surface area (Å²) in [6.07, 6.45) is 5.99. The highest BCUT2D eigenvalue weighted by Crippen LogP contribution is 2.02. The Bertz CT molecular complexity index is 357. The predicted octanol–water partition coefficient (Wildman–Crippen LogP) is 4.04. The van der Waals surface area contributed by atoms with Gasteiger partial charge in [-0.2, -0.15) is 0 Å². The van der Waals surface area contributed by atoms with E-state index in [0.29, 0.717) is 19.6 Å². The Labute approximate surface area is 108 Å². The van der Waals surface area contributed by atoms with Crippen LogP contribution in [0.2, 0.25) is 0 Å². The van der Waals surface area contributed by atoms with E-state index in [2.05, 4.69) is 0 Å². The van der Waals surface area contributed by atoms with Crippen LogP contribution in [0.1, 0.15) is 31.7 Å². The Kier molecular flexibility index (Phi) is 7.37. The molecule has 0 radical (unpaired) electrons. The summed E-state index contributed by atoms with van der Waals surface area (Å²) in [6.45, 7) is 2.84. The number of unbranched alkanes of at least 4 members (excludes halogenated alkanes) is 1. The first-order valence-corrected chi connectivity index (χ1v) is 6.34. The Morgan fingerprint density at radius 3 is 2.61 bits per heavy atom. The highest BCUT2D eigenvalue weighted by molar-refractivity contribution is 5.59. The lowest BCUT2D eigenvalue weighted by Gasteiger charge is -2.03. The fourth-order valence-electron chi connectivity index (χ4n) is 1.34. The normalized spacial score (nSPS) is 10.5. The van der Waals surface area contributed by atoms with Gasteiger partial charge in [0.25, 0.3) is 0 Å². The van der Waals surface area contributed by atoms with E-state index >= 15 is 0 Å². The molecule has 1 rings (SSSR count). The van der Waals surface area contributed by atoms with Crippen molar-refractivity contribution >= 4 is 12.2 Å². The van der Waals surface area contributed by atoms with Crippen molar-refractivity contribution in [3.05, 3.63) is 42.0 Å². The predicted molar refractivity (Wildman–Crippen MR) is 72.3 cm³/mol. The van der Waals surface area contributed by atoms with Crippen molar-refractivity contribution < 1.29 is 14.3 Å². The molecule has 3 nitrogen and oxygen atoms in total. The number of hydrogen-bond acceptors (Lipinski definition) is 3. The molecule has 0 amide bonds. The van der Waals surface area contributed by atoms with Crippen LogP contribution < -0.4 is 0 Å². The summed E-state index contributed by atoms with van der Waals surface area (Å²) in [6, 6.07) is 10.0. The molecule has 0 aliphatic carbocycles. The summed E-state index contributed by atoms with van der Waals surface area (Å²) in [5, 5.41) is 0. The molecule has 0 saturated carbocycles. The average Bonchev–Trinajstić information content (AvgIpc) is 2.40. The summed E-state index contributed by atoms with van der Waals surface area (Å²) < 4.78 is 9.78. The van der Waals surface area contributed by atoms with Crippen molar-refractivity contribution in [2.75, 3.05) is 13.2 Å². The number of carbonyl (C=O) groups is 1. The van der Waals surface area contributed by atoms with Gasteiger partial charge in [-0.05, 0) is 12.0 Å². The third-order valence-electron chi connectivity index (χ3n) is 2.33. The van der Waals surface area contributed by atoms with Crippen molar-refractivity contribution in [3.8, 4) is 0 Å². The molecule has 0 unspecified atom stereocenters. The number of rotatable bonds is 7. The van der Waals surface area contributed by atoms with E-state index in [1.54, 1.807) is 0 Å². The molecule has 98 valence electrons. The maximum atomic E-state index is 11.1. The molecule has 0 heterocycles. The van der Waals surface area contributed by atoms with Crippen LogP contribution in [0.25, 0.3) is 6.08 Å². The van der Waals surface area contributed by atoms with Crippen molar-refractivity contribution in [2.45, 2.75) is 26.2 Å². The Morgan fingerprint density at radius 1 is 1.17 bits per heavy atom. The largest absolute Gasteiger partial charge is 0.508 e. The second kappa shape index (κ2) is 9.28. The summed E-state index contributed by atoms with van der Waals surface area (Å²) in [5.74, 6) is 0. The lowest BCUT2D eigenvalue weighted by Crippen LogP contribution is -2.08. The number of benzene rings is 1. The minimum absolute atomic E-state index is 0.355. The molecule has 0 aromatic heterocycles. The first kappa shape index (κ1) is 14.3. The van der Waals surface area contributed by atoms with Gasteiger partial charge in [-0.15, -0.1) is 0 Å². The van der Waals surface area contributed by atoms with Gasteiger partial charge in [0.05, 0.1) is 13.2 Å². The number of carbonyl (C=O) groups excluding carboxylic acids is 1. The number of ether oxygens (including phenoxy) is 2. The van der Waals surface area contributed by atoms with Gasteiger partial charge in [0.15, 0.2) is 0 Å². The molecule has 0 spiro atoms. The second-order valence-corrected chi connectivity index (χ2v) is 3.90. The Balaban J connectivity index is 2.08. The monoisotopic (exact) mass is 248 g/mol. The standard InChI is InChI=1S/C15H20O3/c1-2-3-12-17-15(16)18-13-8-7-11-14-9-5-4-6-10-14/h4-7,9-11H,2-3,8,12-13H2,1H3. The first-order chi connectivity index (χ1) is 8.83. The Hall–Kier alpha value is -1.77. The highest BCUT2D eigenvalue weighted by Gasteiger charge is 2.00. The van der Waals surface area contributed by atoms with Gasteiger partial charge in [0.1, 0.15) is 0 Å². The van der Waals surface area contributed by atoms with Crippen molar-refractivity contribution in [3.63, 3.8) is 0 Å². The van der Waals surface area contributed by atoms with E-state index in [4.69, 9.17) is 9.47 Å². The van der Waals surface area contributed by atoms with Crippen LogP contribution >= 0.6 is 0 Å². The molecular weight excluding hydrogens is 228 g/mol. The second-order valence-electron chi connectivity index (χ2n) is 3.90. The number of hydrogen-bond donors (Lipinski definition) is 0. The summed E-state index contributed by atoms with van der Waals surface area (Å²) in [4.78, 5) is 11.1. The van der Waals surface area contributed by atoms with Crippen LogP contribution in [0.4, 0.5) is 4.79 Å². The SMILES string of the molecule is CCCCOC(=O)OCCC=Cc1ccccc1. The topological polar surface area (TPSA) is 35.5 Å². The van der Waals surface area contributed by atoms with Gasteiger partial charge in [-0.3, -0.25) is 0 Å². The fraction of sp³-hybridized carbons (Fsp3) is 0.400. The van der Waals surface area contributed by atoms with Crippen LogP contribution in [0.3, 0.4) is 0 Å². The van der Waals surface area contributed by atoms with Crippen LogP contribution in [-0.4, -0.2) is 19.4 Å². The van der Waals surface area contributed by atoms with E-state index in [1.807, 2.05) is 49.4 Å². The average molecular weight is 248 g/mol. The van der Waals surface area contributed by atoms with E-state index < -0.39 is 6.16 Å². The molecule has 0 aliphatic heterocycles. The minimum Gasteiger partial charge on any atom is -0.434 e. The molecule has 0 N–H and O–H groups in total. The maximum absolute atomic E-state index is 11.1. The highest BCUT2D eigenvalue weighted by atomic mass is 16.7. The molecule has 0 saturated heterocycles. The van der Waals surface area contributed by atoms with E-state index in [9.17, 15) is 4.79 Å². The van der Waals surface area contributed by atoms with Crippen LogP contribution in [0.15, 0.2) is 36.4 Å². The molecule has 0 bridgehead atoms. The maximum Gasteiger partial charge on any atom is 0.508 e. The molecule has 1 aromatic carbocycles. The third kappa shape index (κ3) is 6.74. The quantitative estimate of drug-likeness (QED) is 0.539. The van der Waals surface area contributed by atoms with Gasteiger partial charge >= 0.3 is 6.16 Å². The summed E-state index contributed by atoms with van der Waals surface area (Å²) >= 11 is 0. The summed E-state index contributed by atoms with van der Waals surface area (Å²) in [7, 11) is 0. The zero-order valence-corrected chi connectivity index (χ0v) is 10.8. The zero-order valence-electron chi connectivity index (χ0n) is 10.8. The van der Waals surface area contributed by atoms with Gasteiger partial charge in [-0.1, -0.05) is 55.8 Å². The van der Waals surface area contributed by atoms with E-state index in [1.165, 1.54) is 0 Å². The molecule has 3 heteroatoms. The molecule has 1 aromatic rings. The molecule has 18 heavy (non-hydrogen) atoms. The van der Waals surface area contributed by atoms with Gasteiger partial charge < -0.3 is 9.47 Å². The van der Waals surface area contributed by atoms with Crippen LogP contribution in [0.5, 0.6) is 0 Å². The first-order valence-electron chi connectivity index (χ1n) is 6.34. The molecule has 0 aliphatic rings. The molecule has 0 atom stereocenters. The van der Waals surface area contributed by atoms with Crippen molar-refractivity contribution in [2.24, 2.45) is 0 Å². The van der Waals surface area contributed by atoms with Crippen LogP contribution in [-0.2, 0) is 9.47 Å². The third-order valence-corrected chi connectivity index (χ3v) is 2.33. The minimum atomic E-state index is -0.573. The molecular formula is C15H20O3.